The molecule has 0 aromatic heterocycles. The zero-order valence-corrected chi connectivity index (χ0v) is 5.88. The molecule has 4 heteroatoms. The second-order valence-electron chi connectivity index (χ2n) is 1.94. The van der Waals surface area contributed by atoms with Crippen LogP contribution in [0.25, 0.3) is 0 Å². The Balaban J connectivity index is 3.72. The number of aliphatic carboxylic acids is 1. The number of phenols is 1. The van der Waals surface area contributed by atoms with E-state index in [1.165, 1.54) is 0 Å². The molecule has 0 radical (unpaired) electrons. The lowest BCUT2D eigenvalue weighted by molar-refractivity contribution is -0.138. The van der Waals surface area contributed by atoms with Crippen molar-refractivity contribution in [2.75, 3.05) is 0 Å². The van der Waals surface area contributed by atoms with E-state index in [1.54, 1.807) is 0 Å². The molecule has 0 aliphatic rings. The zero-order chi connectivity index (χ0) is 13.5. The lowest BCUT2D eigenvalue weighted by Crippen LogP contribution is -2.20. The van der Waals surface area contributed by atoms with E-state index in [2.05, 4.69) is 0 Å². The molecule has 1 aromatic carbocycles. The van der Waals surface area contributed by atoms with Crippen molar-refractivity contribution in [3.8, 4) is 5.75 Å². The minimum Gasteiger partial charge on any atom is -0.508 e. The van der Waals surface area contributed by atoms with Gasteiger partial charge in [-0.25, -0.2) is 0 Å². The number of carbonyl (C=O) groups is 1. The van der Waals surface area contributed by atoms with Gasteiger partial charge in [0.15, 0.2) is 0 Å². The summed E-state index contributed by atoms with van der Waals surface area (Å²) in [5, 5.41) is 18.0. The van der Waals surface area contributed by atoms with Gasteiger partial charge in [-0.3, -0.25) is 4.79 Å². The first-order chi connectivity index (χ1) is 7.62. The van der Waals surface area contributed by atoms with Crippen molar-refractivity contribution in [2.24, 2.45) is 5.73 Å². The van der Waals surface area contributed by atoms with E-state index in [9.17, 15) is 9.90 Å². The van der Waals surface area contributed by atoms with Gasteiger partial charge in [0.25, 0.3) is 0 Å². The third-order valence-corrected chi connectivity index (χ3v) is 1.11. The number of carboxylic acids is 1. The van der Waals surface area contributed by atoms with Crippen molar-refractivity contribution in [3.05, 3.63) is 29.7 Å². The molecule has 1 aromatic rings. The van der Waals surface area contributed by atoms with E-state index in [4.69, 9.17) is 17.7 Å². The fraction of sp³-hybridized carbons (Fsp3) is 0.125. The highest BCUT2D eigenvalue weighted by molar-refractivity contribution is 5.75. The molecule has 0 aliphatic carbocycles. The van der Waals surface area contributed by atoms with Crippen LogP contribution in [0.5, 0.6) is 5.75 Å². The molecule has 1 atom stereocenters. The third kappa shape index (κ3) is 1.73. The molecular weight excluding hydrogens is 158 g/mol. The fourth-order valence-corrected chi connectivity index (χ4v) is 0.548. The summed E-state index contributed by atoms with van der Waals surface area (Å²) in [6.07, 6.45) is 0. The Labute approximate surface area is 76.3 Å². The number of hydrogen-bond acceptors (Lipinski definition) is 3. The molecule has 12 heavy (non-hydrogen) atoms. The molecule has 64 valence electrons. The first kappa shape index (κ1) is 3.91. The fourth-order valence-electron chi connectivity index (χ4n) is 0.548. The quantitative estimate of drug-likeness (QED) is 0.605. The van der Waals surface area contributed by atoms with Crippen LogP contribution in [0.1, 0.15) is 18.4 Å². The van der Waals surface area contributed by atoms with Gasteiger partial charge in [-0.05, 0) is 17.6 Å². The summed E-state index contributed by atoms with van der Waals surface area (Å²) in [6, 6.07) is -6.16. The van der Waals surface area contributed by atoms with Crippen molar-refractivity contribution >= 4 is 5.97 Å². The molecule has 0 fully saturated rings. The summed E-state index contributed by atoms with van der Waals surface area (Å²) < 4.78 is 36.7. The molecule has 0 aliphatic heterocycles. The molecule has 0 heterocycles. The van der Waals surface area contributed by atoms with E-state index in [-0.39, 0.29) is 0 Å². The van der Waals surface area contributed by atoms with Gasteiger partial charge in [0.05, 0.1) is 6.85 Å². The number of nitrogens with two attached hydrogens (primary N) is 1. The third-order valence-electron chi connectivity index (χ3n) is 1.11. The lowest BCUT2D eigenvalue weighted by Gasteiger charge is -2.05. The molecule has 0 saturated heterocycles. The number of phenolic OH excluding ortho intramolecular Hbond substituents is 1. The van der Waals surface area contributed by atoms with Gasteiger partial charge in [-0.15, -0.1) is 0 Å². The molecular formula is C8H9NO3. The van der Waals surface area contributed by atoms with Crippen LogP contribution >= 0.6 is 0 Å². The maximum Gasteiger partial charge on any atom is 0.325 e. The SMILES string of the molecule is [2H]c1c([2H])c([C@@]([2H])(N)C(=O)O)c([2H])c([2H])c1O. The smallest absolute Gasteiger partial charge is 0.325 e. The van der Waals surface area contributed by atoms with E-state index in [0.29, 0.717) is 0 Å². The molecule has 0 spiro atoms. The van der Waals surface area contributed by atoms with Crippen molar-refractivity contribution in [1.29, 1.82) is 0 Å². The molecule has 4 nitrogen and oxygen atoms in total. The summed E-state index contributed by atoms with van der Waals surface area (Å²) >= 11 is 0. The topological polar surface area (TPSA) is 83.6 Å². The minimum atomic E-state index is -2.81. The summed E-state index contributed by atoms with van der Waals surface area (Å²) in [4.78, 5) is 10.8. The van der Waals surface area contributed by atoms with Crippen LogP contribution in [0.3, 0.4) is 0 Å². The largest absolute Gasteiger partial charge is 0.508 e. The number of carboxylic acid groups (broad SMARTS) is 1. The Morgan fingerprint density at radius 3 is 2.50 bits per heavy atom. The first-order valence-corrected chi connectivity index (χ1v) is 2.94. The summed E-state index contributed by atoms with van der Waals surface area (Å²) in [7, 11) is 0. The average Bonchev–Trinajstić information content (AvgIpc) is 2.23. The van der Waals surface area contributed by atoms with Gasteiger partial charge < -0.3 is 15.9 Å². The molecule has 0 saturated carbocycles. The zero-order valence-electron chi connectivity index (χ0n) is 10.9. The van der Waals surface area contributed by atoms with Crippen molar-refractivity contribution in [3.63, 3.8) is 0 Å². The number of hydrogen-bond donors (Lipinski definition) is 3. The van der Waals surface area contributed by atoms with Crippen LogP contribution in [-0.4, -0.2) is 16.2 Å². The minimum absolute atomic E-state index is 0.794. The van der Waals surface area contributed by atoms with Crippen LogP contribution in [0, 0.1) is 0 Å². The standard InChI is InChI=1S/C8H9NO3/c9-7(8(11)12)5-1-3-6(10)4-2-5/h1-4,7,10H,9H2,(H,11,12)/t7-/m1/s1/i1D,2D,3D,4D,7D. The first-order valence-electron chi connectivity index (χ1n) is 5.44. The van der Waals surface area contributed by atoms with Gasteiger partial charge >= 0.3 is 5.97 Å². The van der Waals surface area contributed by atoms with Gasteiger partial charge in [0.1, 0.15) is 11.8 Å². The van der Waals surface area contributed by atoms with E-state index in [0.717, 1.165) is 0 Å². The normalized spacial score (nSPS) is 20.9. The highest BCUT2D eigenvalue weighted by atomic mass is 16.4. The second-order valence-corrected chi connectivity index (χ2v) is 1.94. The highest BCUT2D eigenvalue weighted by Gasteiger charge is 2.13. The van der Waals surface area contributed by atoms with Gasteiger partial charge in [-0.1, -0.05) is 12.1 Å². The number of benzene rings is 1. The Hall–Kier alpha value is -1.55. The maximum atomic E-state index is 10.8. The van der Waals surface area contributed by atoms with Crippen LogP contribution in [-0.2, 0) is 4.79 Å². The number of aromatic hydroxyl groups is 1. The molecule has 0 unspecified atom stereocenters. The van der Waals surface area contributed by atoms with Crippen LogP contribution < -0.4 is 5.73 Å². The Morgan fingerprint density at radius 2 is 2.08 bits per heavy atom. The van der Waals surface area contributed by atoms with Crippen LogP contribution in [0.2, 0.25) is 0 Å². The Morgan fingerprint density at radius 1 is 1.58 bits per heavy atom. The summed E-state index contributed by atoms with van der Waals surface area (Å²) in [6.45, 7) is 0. The predicted octanol–water partition coefficient (Wildman–Crippen LogP) is 0.477. The van der Waals surface area contributed by atoms with Gasteiger partial charge in [0, 0.05) is 0 Å². The molecule has 0 amide bonds. The maximum absolute atomic E-state index is 10.8. The monoisotopic (exact) mass is 172 g/mol. The molecule has 4 N–H and O–H groups in total. The van der Waals surface area contributed by atoms with Crippen molar-refractivity contribution in [2.45, 2.75) is 6.02 Å². The lowest BCUT2D eigenvalue weighted by atomic mass is 10.1. The number of rotatable bonds is 2. The predicted molar refractivity (Wildman–Crippen MR) is 42.7 cm³/mol. The molecule has 0 bridgehead atoms. The summed E-state index contributed by atoms with van der Waals surface area (Å²) in [5.74, 6) is -2.73. The Bertz CT molecular complexity index is 473. The van der Waals surface area contributed by atoms with Gasteiger partial charge in [-0.2, -0.15) is 0 Å². The van der Waals surface area contributed by atoms with Crippen LogP contribution in [0.15, 0.2) is 24.2 Å². The second kappa shape index (κ2) is 3.23. The van der Waals surface area contributed by atoms with Crippen molar-refractivity contribution < 1.29 is 21.9 Å². The highest BCUT2D eigenvalue weighted by Crippen LogP contribution is 2.14. The summed E-state index contributed by atoms with van der Waals surface area (Å²) in [5.41, 5.74) is 4.36. The molecule has 1 rings (SSSR count). The van der Waals surface area contributed by atoms with E-state index >= 15 is 0 Å². The van der Waals surface area contributed by atoms with E-state index in [1.807, 2.05) is 0 Å². The van der Waals surface area contributed by atoms with Crippen molar-refractivity contribution in [1.82, 2.24) is 0 Å². The Kier molecular flexibility index (Phi) is 1.05. The van der Waals surface area contributed by atoms with Gasteiger partial charge in [0.2, 0.25) is 0 Å². The van der Waals surface area contributed by atoms with Crippen LogP contribution in [0.4, 0.5) is 0 Å². The van der Waals surface area contributed by atoms with E-state index < -0.39 is 47.5 Å². The average molecular weight is 172 g/mol.